The van der Waals surface area contributed by atoms with Crippen LogP contribution >= 0.6 is 0 Å². The maximum Gasteiger partial charge on any atom is 0.410 e. The van der Waals surface area contributed by atoms with Crippen molar-refractivity contribution in [2.24, 2.45) is 0 Å². The van der Waals surface area contributed by atoms with Crippen LogP contribution in [-0.2, 0) is 14.3 Å². The van der Waals surface area contributed by atoms with E-state index in [0.29, 0.717) is 39.1 Å². The van der Waals surface area contributed by atoms with Gasteiger partial charge in [-0.15, -0.1) is 0 Å². The second-order valence-corrected chi connectivity index (χ2v) is 6.33. The van der Waals surface area contributed by atoms with E-state index in [4.69, 9.17) is 9.47 Å². The van der Waals surface area contributed by atoms with E-state index in [2.05, 4.69) is 13.8 Å². The molecule has 2 heterocycles. The molecular formula is C16H28N2O4. The van der Waals surface area contributed by atoms with Crippen LogP contribution in [0.4, 0.5) is 4.79 Å². The minimum Gasteiger partial charge on any atom is -0.441 e. The van der Waals surface area contributed by atoms with Crippen molar-refractivity contribution in [3.8, 4) is 0 Å². The molecule has 0 saturated carbocycles. The van der Waals surface area contributed by atoms with Gasteiger partial charge in [0.2, 0.25) is 5.91 Å². The fourth-order valence-corrected chi connectivity index (χ4v) is 3.26. The molecule has 1 atom stereocenters. The van der Waals surface area contributed by atoms with Crippen molar-refractivity contribution in [1.29, 1.82) is 0 Å². The first-order valence-electron chi connectivity index (χ1n) is 8.36. The van der Waals surface area contributed by atoms with Gasteiger partial charge in [0.05, 0.1) is 6.54 Å². The zero-order chi connectivity index (χ0) is 16.2. The van der Waals surface area contributed by atoms with E-state index in [1.165, 1.54) is 0 Å². The molecule has 2 aliphatic rings. The lowest BCUT2D eigenvalue weighted by atomic mass is 9.91. The molecule has 126 valence electrons. The Hall–Kier alpha value is -1.30. The van der Waals surface area contributed by atoms with E-state index in [-0.39, 0.29) is 24.6 Å². The van der Waals surface area contributed by atoms with Crippen molar-refractivity contribution in [1.82, 2.24) is 9.80 Å². The summed E-state index contributed by atoms with van der Waals surface area (Å²) in [6.45, 7) is 8.68. The van der Waals surface area contributed by atoms with Crippen LogP contribution in [0, 0.1) is 0 Å². The van der Waals surface area contributed by atoms with Gasteiger partial charge in [0.25, 0.3) is 0 Å². The Bertz CT molecular complexity index is 405. The zero-order valence-electron chi connectivity index (χ0n) is 14.0. The van der Waals surface area contributed by atoms with Gasteiger partial charge >= 0.3 is 6.09 Å². The molecule has 22 heavy (non-hydrogen) atoms. The summed E-state index contributed by atoms with van der Waals surface area (Å²) in [6, 6.07) is 0.217. The normalized spacial score (nSPS) is 22.0. The Morgan fingerprint density at radius 1 is 1.36 bits per heavy atom. The SMILES string of the molecule is CCCC(C)N1CC2(CCN(C(=O)COCC)CC2)OC1=O. The highest BCUT2D eigenvalue weighted by atomic mass is 16.6. The molecule has 2 fully saturated rings. The van der Waals surface area contributed by atoms with E-state index < -0.39 is 5.60 Å². The van der Waals surface area contributed by atoms with Crippen LogP contribution in [0.5, 0.6) is 0 Å². The van der Waals surface area contributed by atoms with Gasteiger partial charge in [0.1, 0.15) is 12.2 Å². The van der Waals surface area contributed by atoms with E-state index in [1.807, 2.05) is 16.7 Å². The summed E-state index contributed by atoms with van der Waals surface area (Å²) in [5.74, 6) is 0.0252. The third-order valence-corrected chi connectivity index (χ3v) is 4.69. The monoisotopic (exact) mass is 312 g/mol. The third kappa shape index (κ3) is 3.72. The minimum absolute atomic E-state index is 0.0252. The number of likely N-dealkylation sites (tertiary alicyclic amines) is 1. The van der Waals surface area contributed by atoms with E-state index in [0.717, 1.165) is 12.8 Å². The molecule has 1 spiro atoms. The first-order chi connectivity index (χ1) is 10.5. The summed E-state index contributed by atoms with van der Waals surface area (Å²) < 4.78 is 10.9. The number of nitrogens with zero attached hydrogens (tertiary/aromatic N) is 2. The molecule has 2 aliphatic heterocycles. The largest absolute Gasteiger partial charge is 0.441 e. The Kier molecular flexibility index (Phi) is 5.67. The maximum atomic E-state index is 12.1. The van der Waals surface area contributed by atoms with Gasteiger partial charge < -0.3 is 19.3 Å². The van der Waals surface area contributed by atoms with Crippen LogP contribution in [0.2, 0.25) is 0 Å². The van der Waals surface area contributed by atoms with Crippen molar-refractivity contribution >= 4 is 12.0 Å². The van der Waals surface area contributed by atoms with E-state index in [1.54, 1.807) is 0 Å². The number of ether oxygens (including phenoxy) is 2. The molecule has 2 saturated heterocycles. The number of carbonyl (C=O) groups is 2. The minimum atomic E-state index is -0.401. The van der Waals surface area contributed by atoms with Crippen LogP contribution in [-0.4, -0.2) is 66.3 Å². The topological polar surface area (TPSA) is 59.1 Å². The lowest BCUT2D eigenvalue weighted by Gasteiger charge is -2.37. The van der Waals surface area contributed by atoms with Crippen molar-refractivity contribution in [2.75, 3.05) is 32.8 Å². The van der Waals surface area contributed by atoms with Gasteiger partial charge in [0.15, 0.2) is 0 Å². The number of piperidine rings is 1. The fourth-order valence-electron chi connectivity index (χ4n) is 3.26. The highest BCUT2D eigenvalue weighted by Gasteiger charge is 2.48. The van der Waals surface area contributed by atoms with Crippen molar-refractivity contribution in [2.45, 2.75) is 58.1 Å². The highest BCUT2D eigenvalue weighted by molar-refractivity contribution is 5.77. The Labute approximate surface area is 132 Å². The molecule has 0 radical (unpaired) electrons. The Balaban J connectivity index is 1.88. The summed E-state index contributed by atoms with van der Waals surface area (Å²) >= 11 is 0. The molecule has 6 heteroatoms. The van der Waals surface area contributed by atoms with Gasteiger partial charge in [-0.05, 0) is 20.3 Å². The first-order valence-corrected chi connectivity index (χ1v) is 8.36. The molecule has 0 aliphatic carbocycles. The number of rotatable bonds is 6. The number of hydrogen-bond donors (Lipinski definition) is 0. The number of hydrogen-bond acceptors (Lipinski definition) is 4. The third-order valence-electron chi connectivity index (χ3n) is 4.69. The summed E-state index contributed by atoms with van der Waals surface area (Å²) in [6.07, 6.45) is 3.27. The van der Waals surface area contributed by atoms with E-state index in [9.17, 15) is 9.59 Å². The molecule has 2 rings (SSSR count). The maximum absolute atomic E-state index is 12.1. The van der Waals surface area contributed by atoms with Gasteiger partial charge in [-0.3, -0.25) is 4.79 Å². The molecule has 0 bridgehead atoms. The van der Waals surface area contributed by atoms with Crippen molar-refractivity contribution < 1.29 is 19.1 Å². The number of amides is 2. The van der Waals surface area contributed by atoms with Crippen LogP contribution in [0.15, 0.2) is 0 Å². The average molecular weight is 312 g/mol. The molecule has 0 N–H and O–H groups in total. The zero-order valence-corrected chi connectivity index (χ0v) is 14.0. The average Bonchev–Trinajstić information content (AvgIpc) is 2.82. The van der Waals surface area contributed by atoms with Crippen LogP contribution < -0.4 is 0 Å². The second kappa shape index (κ2) is 7.31. The fraction of sp³-hybridized carbons (Fsp3) is 0.875. The van der Waals surface area contributed by atoms with Crippen molar-refractivity contribution in [3.63, 3.8) is 0 Å². The second-order valence-electron chi connectivity index (χ2n) is 6.33. The van der Waals surface area contributed by atoms with Crippen molar-refractivity contribution in [3.05, 3.63) is 0 Å². The molecule has 0 aromatic rings. The van der Waals surface area contributed by atoms with Crippen LogP contribution in [0.1, 0.15) is 46.5 Å². The van der Waals surface area contributed by atoms with E-state index >= 15 is 0 Å². The lowest BCUT2D eigenvalue weighted by Crippen LogP contribution is -2.50. The molecule has 0 aromatic heterocycles. The van der Waals surface area contributed by atoms with Crippen LogP contribution in [0.25, 0.3) is 0 Å². The number of carbonyl (C=O) groups excluding carboxylic acids is 2. The summed E-state index contributed by atoms with van der Waals surface area (Å²) in [5, 5.41) is 0. The van der Waals surface area contributed by atoms with Gasteiger partial charge in [-0.2, -0.15) is 0 Å². The van der Waals surface area contributed by atoms with Crippen LogP contribution in [0.3, 0.4) is 0 Å². The standard InChI is InChI=1S/C16H28N2O4/c1-4-6-13(3)18-12-16(22-15(18)20)7-9-17(10-8-16)14(19)11-21-5-2/h13H,4-12H2,1-3H3. The smallest absolute Gasteiger partial charge is 0.410 e. The molecule has 1 unspecified atom stereocenters. The summed E-state index contributed by atoms with van der Waals surface area (Å²) in [7, 11) is 0. The molecule has 6 nitrogen and oxygen atoms in total. The van der Waals surface area contributed by atoms with Gasteiger partial charge in [0, 0.05) is 38.6 Å². The summed E-state index contributed by atoms with van der Waals surface area (Å²) in [4.78, 5) is 27.7. The molecule has 2 amide bonds. The summed E-state index contributed by atoms with van der Waals surface area (Å²) in [5.41, 5.74) is -0.401. The molecular weight excluding hydrogens is 284 g/mol. The first kappa shape index (κ1) is 17.1. The molecule has 0 aromatic carbocycles. The highest BCUT2D eigenvalue weighted by Crippen LogP contribution is 2.34. The predicted octanol–water partition coefficient (Wildman–Crippen LogP) is 2.02. The van der Waals surface area contributed by atoms with Gasteiger partial charge in [-0.25, -0.2) is 4.79 Å². The quantitative estimate of drug-likeness (QED) is 0.753. The predicted molar refractivity (Wildman–Crippen MR) is 82.6 cm³/mol. The lowest BCUT2D eigenvalue weighted by molar-refractivity contribution is -0.139. The van der Waals surface area contributed by atoms with Gasteiger partial charge in [-0.1, -0.05) is 13.3 Å². The Morgan fingerprint density at radius 3 is 2.64 bits per heavy atom. The Morgan fingerprint density at radius 2 is 2.05 bits per heavy atom.